The molecule has 0 spiro atoms. The van der Waals surface area contributed by atoms with E-state index in [1.165, 1.54) is 17.8 Å². The van der Waals surface area contributed by atoms with Crippen LogP contribution in [0.4, 0.5) is 13.2 Å². The zero-order valence-corrected chi connectivity index (χ0v) is 11.4. The summed E-state index contributed by atoms with van der Waals surface area (Å²) in [5.41, 5.74) is -0.709. The smallest absolute Gasteiger partial charge is 0.313 e. The van der Waals surface area contributed by atoms with Gasteiger partial charge in [-0.3, -0.25) is 0 Å². The van der Waals surface area contributed by atoms with Crippen LogP contribution in [0.5, 0.6) is 0 Å². The van der Waals surface area contributed by atoms with E-state index in [9.17, 15) is 13.2 Å². The van der Waals surface area contributed by atoms with Crippen LogP contribution in [0.3, 0.4) is 0 Å². The van der Waals surface area contributed by atoms with Crippen LogP contribution in [0.25, 0.3) is 0 Å². The lowest BCUT2D eigenvalue weighted by molar-refractivity contribution is -0.137. The Morgan fingerprint density at radius 2 is 2.00 bits per heavy atom. The average molecular weight is 278 g/mol. The van der Waals surface area contributed by atoms with Crippen molar-refractivity contribution in [3.05, 3.63) is 23.9 Å². The summed E-state index contributed by atoms with van der Waals surface area (Å²) in [5, 5.41) is 4.13. The topological polar surface area (TPSA) is 24.9 Å². The lowest BCUT2D eigenvalue weighted by Gasteiger charge is -2.19. The number of pyridine rings is 1. The molecular weight excluding hydrogens is 261 g/mol. The van der Waals surface area contributed by atoms with E-state index in [1.54, 1.807) is 0 Å². The van der Waals surface area contributed by atoms with Gasteiger partial charge < -0.3 is 5.32 Å². The first-order chi connectivity index (χ1) is 8.34. The first kappa shape index (κ1) is 15.3. The van der Waals surface area contributed by atoms with E-state index in [-0.39, 0.29) is 11.3 Å². The molecule has 0 radical (unpaired) electrons. The number of nitrogens with one attached hydrogen (secondary N) is 1. The van der Waals surface area contributed by atoms with E-state index in [0.717, 1.165) is 18.8 Å². The molecule has 0 amide bonds. The van der Waals surface area contributed by atoms with E-state index in [0.29, 0.717) is 5.03 Å². The second kappa shape index (κ2) is 6.43. The monoisotopic (exact) mass is 278 g/mol. The highest BCUT2D eigenvalue weighted by Gasteiger charge is 2.30. The third-order valence-corrected chi connectivity index (χ3v) is 3.86. The molecule has 0 saturated heterocycles. The molecule has 0 aliphatic heterocycles. The van der Waals surface area contributed by atoms with Gasteiger partial charge in [-0.15, -0.1) is 11.8 Å². The predicted molar refractivity (Wildman–Crippen MR) is 67.7 cm³/mol. The molecular formula is C12H17F3N2S. The molecule has 1 aromatic rings. The highest BCUT2D eigenvalue weighted by molar-refractivity contribution is 7.99. The fraction of sp³-hybridized carbons (Fsp3) is 0.583. The zero-order chi connectivity index (χ0) is 13.8. The van der Waals surface area contributed by atoms with Gasteiger partial charge in [-0.25, -0.2) is 4.98 Å². The first-order valence-corrected chi connectivity index (χ1v) is 6.65. The highest BCUT2D eigenvalue weighted by Crippen LogP contribution is 2.30. The summed E-state index contributed by atoms with van der Waals surface area (Å²) < 4.78 is 37.1. The van der Waals surface area contributed by atoms with Gasteiger partial charge in [0.25, 0.3) is 0 Å². The van der Waals surface area contributed by atoms with Gasteiger partial charge in [-0.2, -0.15) is 13.2 Å². The molecule has 0 bridgehead atoms. The Kier molecular flexibility index (Phi) is 5.47. The molecule has 6 heteroatoms. The summed E-state index contributed by atoms with van der Waals surface area (Å²) in [5.74, 6) is 0. The Morgan fingerprint density at radius 3 is 2.44 bits per heavy atom. The molecule has 2 unspecified atom stereocenters. The number of aromatic nitrogens is 1. The maximum atomic E-state index is 12.4. The van der Waals surface area contributed by atoms with Gasteiger partial charge in [-0.1, -0.05) is 13.8 Å². The third-order valence-electron chi connectivity index (χ3n) is 2.60. The molecule has 1 heterocycles. The molecule has 0 saturated carbocycles. The van der Waals surface area contributed by atoms with Crippen LogP contribution in [0, 0.1) is 0 Å². The molecule has 2 atom stereocenters. The predicted octanol–water partition coefficient (Wildman–Crippen LogP) is 3.58. The van der Waals surface area contributed by atoms with E-state index >= 15 is 0 Å². The maximum absolute atomic E-state index is 12.4. The third kappa shape index (κ3) is 4.49. The van der Waals surface area contributed by atoms with Crippen molar-refractivity contribution in [2.75, 3.05) is 6.54 Å². The Hall–Kier alpha value is -0.750. The first-order valence-electron chi connectivity index (χ1n) is 5.78. The van der Waals surface area contributed by atoms with Gasteiger partial charge in [0.15, 0.2) is 0 Å². The second-order valence-corrected chi connectivity index (χ2v) is 5.45. The van der Waals surface area contributed by atoms with E-state index in [2.05, 4.69) is 10.3 Å². The van der Waals surface area contributed by atoms with E-state index in [1.807, 2.05) is 20.8 Å². The van der Waals surface area contributed by atoms with Crippen molar-refractivity contribution in [1.29, 1.82) is 0 Å². The van der Waals surface area contributed by atoms with Crippen LogP contribution in [-0.4, -0.2) is 22.8 Å². The Balaban J connectivity index is 2.64. The number of thioether (sulfide) groups is 1. The fourth-order valence-corrected chi connectivity index (χ4v) is 2.34. The van der Waals surface area contributed by atoms with Crippen LogP contribution in [0.1, 0.15) is 26.3 Å². The zero-order valence-electron chi connectivity index (χ0n) is 10.6. The lowest BCUT2D eigenvalue weighted by atomic mass is 10.2. The van der Waals surface area contributed by atoms with Crippen molar-refractivity contribution in [2.45, 2.75) is 43.3 Å². The lowest BCUT2D eigenvalue weighted by Crippen LogP contribution is -2.33. The molecule has 0 aromatic carbocycles. The van der Waals surface area contributed by atoms with Gasteiger partial charge in [0.05, 0.1) is 10.6 Å². The van der Waals surface area contributed by atoms with Crippen molar-refractivity contribution in [3.8, 4) is 0 Å². The molecule has 1 rings (SSSR count). The fourth-order valence-electron chi connectivity index (χ4n) is 1.40. The summed E-state index contributed by atoms with van der Waals surface area (Å²) in [6, 6.07) is 2.77. The van der Waals surface area contributed by atoms with Gasteiger partial charge in [0.2, 0.25) is 0 Å². The molecule has 0 fully saturated rings. The molecule has 1 aromatic heterocycles. The summed E-state index contributed by atoms with van der Waals surface area (Å²) in [6.07, 6.45) is -3.44. The van der Waals surface area contributed by atoms with Gasteiger partial charge in [-0.05, 0) is 25.6 Å². The summed E-state index contributed by atoms with van der Waals surface area (Å²) in [4.78, 5) is 3.84. The number of nitrogens with zero attached hydrogens (tertiary/aromatic N) is 1. The van der Waals surface area contributed by atoms with Crippen molar-refractivity contribution in [3.63, 3.8) is 0 Å². The van der Waals surface area contributed by atoms with E-state index in [4.69, 9.17) is 0 Å². The highest BCUT2D eigenvalue weighted by atomic mass is 32.2. The quantitative estimate of drug-likeness (QED) is 0.833. The minimum Gasteiger partial charge on any atom is -0.313 e. The summed E-state index contributed by atoms with van der Waals surface area (Å²) in [7, 11) is 0. The Labute approximate surface area is 109 Å². The Morgan fingerprint density at radius 1 is 1.33 bits per heavy atom. The van der Waals surface area contributed by atoms with Crippen molar-refractivity contribution >= 4 is 11.8 Å². The Bertz CT molecular complexity index is 365. The van der Waals surface area contributed by atoms with Crippen LogP contribution >= 0.6 is 11.8 Å². The van der Waals surface area contributed by atoms with Gasteiger partial charge in [0, 0.05) is 17.5 Å². The van der Waals surface area contributed by atoms with Crippen LogP contribution < -0.4 is 5.32 Å². The van der Waals surface area contributed by atoms with Gasteiger partial charge in [0.1, 0.15) is 0 Å². The summed E-state index contributed by atoms with van der Waals surface area (Å²) in [6.45, 7) is 6.96. The van der Waals surface area contributed by atoms with E-state index < -0.39 is 11.7 Å². The van der Waals surface area contributed by atoms with Crippen molar-refractivity contribution in [2.24, 2.45) is 0 Å². The molecule has 0 aliphatic rings. The number of alkyl halides is 3. The number of hydrogen-bond donors (Lipinski definition) is 1. The minimum atomic E-state index is -4.32. The summed E-state index contributed by atoms with van der Waals surface area (Å²) >= 11 is 1.47. The maximum Gasteiger partial charge on any atom is 0.417 e. The number of rotatable bonds is 5. The van der Waals surface area contributed by atoms with Crippen LogP contribution in [0.15, 0.2) is 23.4 Å². The normalized spacial score (nSPS) is 15.4. The molecule has 0 aliphatic carbocycles. The van der Waals surface area contributed by atoms with Crippen LogP contribution in [-0.2, 0) is 6.18 Å². The van der Waals surface area contributed by atoms with Crippen molar-refractivity contribution < 1.29 is 13.2 Å². The number of hydrogen-bond acceptors (Lipinski definition) is 3. The van der Waals surface area contributed by atoms with Gasteiger partial charge >= 0.3 is 6.18 Å². The molecule has 102 valence electrons. The minimum absolute atomic E-state index is 0.245. The molecule has 1 N–H and O–H groups in total. The molecule has 2 nitrogen and oxygen atoms in total. The SMILES string of the molecule is CCNC(C)C(C)Sc1ccc(C(F)(F)F)cn1. The largest absolute Gasteiger partial charge is 0.417 e. The second-order valence-electron chi connectivity index (χ2n) is 4.05. The van der Waals surface area contributed by atoms with Crippen molar-refractivity contribution in [1.82, 2.24) is 10.3 Å². The molecule has 18 heavy (non-hydrogen) atoms. The average Bonchev–Trinajstić information content (AvgIpc) is 2.28. The standard InChI is InChI=1S/C12H17F3N2S/c1-4-16-8(2)9(3)18-11-6-5-10(7-17-11)12(13,14)15/h5-9,16H,4H2,1-3H3. The number of halogens is 3. The van der Waals surface area contributed by atoms with Crippen LogP contribution in [0.2, 0.25) is 0 Å².